The first kappa shape index (κ1) is 19.1. The standard InChI is InChI=1S/C23H17N3O4/c1-15-9-10-17(13-21(15)26(28)29)22-12-11-18(30-22)14-24-25-23(27)20-8-4-6-16-5-2-3-7-19(16)20/h2-14H,1H3,(H,25,27)/b24-14-. The Morgan fingerprint density at radius 2 is 1.87 bits per heavy atom. The van der Waals surface area contributed by atoms with Crippen LogP contribution in [0.5, 0.6) is 0 Å². The summed E-state index contributed by atoms with van der Waals surface area (Å²) in [4.78, 5) is 23.2. The van der Waals surface area contributed by atoms with Crippen molar-refractivity contribution in [3.63, 3.8) is 0 Å². The van der Waals surface area contributed by atoms with Gasteiger partial charge in [0, 0.05) is 22.8 Å². The van der Waals surface area contributed by atoms with Gasteiger partial charge in [0.15, 0.2) is 0 Å². The van der Waals surface area contributed by atoms with Gasteiger partial charge in [0.25, 0.3) is 11.6 Å². The zero-order valence-corrected chi connectivity index (χ0v) is 16.0. The van der Waals surface area contributed by atoms with Crippen LogP contribution in [-0.4, -0.2) is 17.0 Å². The summed E-state index contributed by atoms with van der Waals surface area (Å²) in [6.45, 7) is 1.68. The maximum absolute atomic E-state index is 12.5. The summed E-state index contributed by atoms with van der Waals surface area (Å²) in [6.07, 6.45) is 1.38. The Morgan fingerprint density at radius 3 is 2.70 bits per heavy atom. The summed E-state index contributed by atoms with van der Waals surface area (Å²) in [6, 6.07) is 21.4. The number of aryl methyl sites for hydroxylation is 1. The van der Waals surface area contributed by atoms with Crippen LogP contribution in [0.25, 0.3) is 22.1 Å². The number of nitrogens with zero attached hydrogens (tertiary/aromatic N) is 2. The monoisotopic (exact) mass is 399 g/mol. The number of benzene rings is 3. The fraction of sp³-hybridized carbons (Fsp3) is 0.0435. The normalized spacial score (nSPS) is 11.1. The molecule has 0 unspecified atom stereocenters. The number of fused-ring (bicyclic) bond motifs is 1. The zero-order valence-electron chi connectivity index (χ0n) is 16.0. The Morgan fingerprint density at radius 1 is 1.07 bits per heavy atom. The first-order valence-electron chi connectivity index (χ1n) is 9.19. The minimum atomic E-state index is -0.424. The van der Waals surface area contributed by atoms with E-state index in [1.807, 2.05) is 36.4 Å². The number of rotatable bonds is 5. The molecule has 0 aliphatic heterocycles. The van der Waals surface area contributed by atoms with E-state index in [0.29, 0.717) is 28.2 Å². The molecule has 148 valence electrons. The van der Waals surface area contributed by atoms with Crippen LogP contribution in [0.2, 0.25) is 0 Å². The number of furan rings is 1. The molecule has 4 aromatic rings. The molecular weight excluding hydrogens is 382 g/mol. The van der Waals surface area contributed by atoms with Crippen LogP contribution in [0.15, 0.2) is 82.3 Å². The van der Waals surface area contributed by atoms with E-state index in [1.54, 1.807) is 37.3 Å². The number of nitro benzene ring substituents is 1. The molecule has 7 heteroatoms. The number of hydrazone groups is 1. The van der Waals surface area contributed by atoms with Crippen LogP contribution >= 0.6 is 0 Å². The van der Waals surface area contributed by atoms with Gasteiger partial charge < -0.3 is 4.42 Å². The van der Waals surface area contributed by atoms with Crippen molar-refractivity contribution in [1.29, 1.82) is 0 Å². The smallest absolute Gasteiger partial charge is 0.273 e. The van der Waals surface area contributed by atoms with Gasteiger partial charge in [-0.3, -0.25) is 14.9 Å². The molecule has 4 rings (SSSR count). The van der Waals surface area contributed by atoms with E-state index < -0.39 is 4.92 Å². The van der Waals surface area contributed by atoms with E-state index in [4.69, 9.17) is 4.42 Å². The lowest BCUT2D eigenvalue weighted by atomic mass is 10.0. The quantitative estimate of drug-likeness (QED) is 0.287. The molecule has 0 radical (unpaired) electrons. The highest BCUT2D eigenvalue weighted by Gasteiger charge is 2.14. The Balaban J connectivity index is 1.49. The van der Waals surface area contributed by atoms with E-state index in [0.717, 1.165) is 10.8 Å². The minimum Gasteiger partial charge on any atom is -0.455 e. The van der Waals surface area contributed by atoms with Crippen LogP contribution in [-0.2, 0) is 0 Å². The van der Waals surface area contributed by atoms with Gasteiger partial charge in [0.2, 0.25) is 0 Å². The number of hydrogen-bond acceptors (Lipinski definition) is 5. The van der Waals surface area contributed by atoms with Crippen molar-refractivity contribution in [2.45, 2.75) is 6.92 Å². The third-order valence-electron chi connectivity index (χ3n) is 4.71. The molecule has 7 nitrogen and oxygen atoms in total. The van der Waals surface area contributed by atoms with Crippen LogP contribution in [0, 0.1) is 17.0 Å². The van der Waals surface area contributed by atoms with Gasteiger partial charge in [0.05, 0.1) is 11.1 Å². The van der Waals surface area contributed by atoms with E-state index in [2.05, 4.69) is 10.5 Å². The average molecular weight is 399 g/mol. The maximum atomic E-state index is 12.5. The second-order valence-electron chi connectivity index (χ2n) is 6.69. The Bertz CT molecular complexity index is 1290. The van der Waals surface area contributed by atoms with Gasteiger partial charge in [-0.15, -0.1) is 0 Å². The molecule has 0 saturated carbocycles. The lowest BCUT2D eigenvalue weighted by Crippen LogP contribution is -2.17. The van der Waals surface area contributed by atoms with Gasteiger partial charge in [-0.2, -0.15) is 5.10 Å². The third kappa shape index (κ3) is 3.81. The summed E-state index contributed by atoms with van der Waals surface area (Å²) in [5.41, 5.74) is 4.22. The Hall–Kier alpha value is -4.26. The van der Waals surface area contributed by atoms with Crippen LogP contribution in [0.4, 0.5) is 5.69 Å². The van der Waals surface area contributed by atoms with Crippen molar-refractivity contribution < 1.29 is 14.1 Å². The lowest BCUT2D eigenvalue weighted by molar-refractivity contribution is -0.385. The van der Waals surface area contributed by atoms with E-state index >= 15 is 0 Å². The lowest BCUT2D eigenvalue weighted by Gasteiger charge is -2.04. The van der Waals surface area contributed by atoms with Crippen molar-refractivity contribution in [1.82, 2.24) is 5.43 Å². The average Bonchev–Trinajstić information content (AvgIpc) is 3.22. The number of nitrogens with one attached hydrogen (secondary N) is 1. The molecule has 0 atom stereocenters. The van der Waals surface area contributed by atoms with Gasteiger partial charge in [-0.1, -0.05) is 48.5 Å². The highest BCUT2D eigenvalue weighted by Crippen LogP contribution is 2.28. The molecule has 1 aromatic heterocycles. The highest BCUT2D eigenvalue weighted by atomic mass is 16.6. The molecule has 1 N–H and O–H groups in total. The number of hydrogen-bond donors (Lipinski definition) is 1. The Kier molecular flexibility index (Phi) is 5.09. The predicted molar refractivity (Wildman–Crippen MR) is 115 cm³/mol. The minimum absolute atomic E-state index is 0.0291. The highest BCUT2D eigenvalue weighted by molar-refractivity contribution is 6.07. The molecule has 0 saturated heterocycles. The van der Waals surface area contributed by atoms with E-state index in [-0.39, 0.29) is 11.6 Å². The predicted octanol–water partition coefficient (Wildman–Crippen LogP) is 5.08. The number of nitro groups is 1. The summed E-state index contributed by atoms with van der Waals surface area (Å²) >= 11 is 0. The fourth-order valence-electron chi connectivity index (χ4n) is 3.17. The molecule has 0 spiro atoms. The molecule has 30 heavy (non-hydrogen) atoms. The first-order valence-corrected chi connectivity index (χ1v) is 9.19. The van der Waals surface area contributed by atoms with Crippen molar-refractivity contribution in [2.24, 2.45) is 5.10 Å². The zero-order chi connectivity index (χ0) is 21.1. The summed E-state index contributed by atoms with van der Waals surface area (Å²) in [5, 5.41) is 16.9. The SMILES string of the molecule is Cc1ccc(-c2ccc(/C=N\NC(=O)c3cccc4ccccc34)o2)cc1[N+](=O)[O-]. The molecule has 3 aromatic carbocycles. The fourth-order valence-corrected chi connectivity index (χ4v) is 3.17. The topological polar surface area (TPSA) is 97.7 Å². The van der Waals surface area contributed by atoms with E-state index in [1.165, 1.54) is 12.3 Å². The van der Waals surface area contributed by atoms with Gasteiger partial charge >= 0.3 is 0 Å². The molecule has 0 aliphatic rings. The van der Waals surface area contributed by atoms with Gasteiger partial charge in [-0.05, 0) is 35.9 Å². The summed E-state index contributed by atoms with van der Waals surface area (Å²) in [5.74, 6) is 0.551. The molecule has 0 fully saturated rings. The van der Waals surface area contributed by atoms with Crippen molar-refractivity contribution in [3.05, 3.63) is 99.8 Å². The summed E-state index contributed by atoms with van der Waals surface area (Å²) in [7, 11) is 0. The first-order chi connectivity index (χ1) is 14.5. The number of carbonyl (C=O) groups is 1. The van der Waals surface area contributed by atoms with Crippen LogP contribution < -0.4 is 5.43 Å². The Labute approximate surface area is 171 Å². The largest absolute Gasteiger partial charge is 0.455 e. The number of carbonyl (C=O) groups excluding carboxylic acids is 1. The molecule has 0 aliphatic carbocycles. The van der Waals surface area contributed by atoms with Crippen molar-refractivity contribution >= 4 is 28.6 Å². The molecule has 0 bridgehead atoms. The molecular formula is C23H17N3O4. The van der Waals surface area contributed by atoms with Crippen molar-refractivity contribution in [2.75, 3.05) is 0 Å². The molecule has 1 heterocycles. The number of amides is 1. The molecule has 1 amide bonds. The second-order valence-corrected chi connectivity index (χ2v) is 6.69. The van der Waals surface area contributed by atoms with Gasteiger partial charge in [-0.25, -0.2) is 5.43 Å². The second kappa shape index (κ2) is 8.00. The van der Waals surface area contributed by atoms with E-state index in [9.17, 15) is 14.9 Å². The third-order valence-corrected chi connectivity index (χ3v) is 4.71. The van der Waals surface area contributed by atoms with Crippen molar-refractivity contribution in [3.8, 4) is 11.3 Å². The van der Waals surface area contributed by atoms with Crippen LogP contribution in [0.1, 0.15) is 21.7 Å². The van der Waals surface area contributed by atoms with Crippen LogP contribution in [0.3, 0.4) is 0 Å². The van der Waals surface area contributed by atoms with Gasteiger partial charge in [0.1, 0.15) is 11.5 Å². The summed E-state index contributed by atoms with van der Waals surface area (Å²) < 4.78 is 5.68. The maximum Gasteiger partial charge on any atom is 0.273 e.